The molecule has 0 aliphatic carbocycles. The number of urea groups is 1. The lowest BCUT2D eigenvalue weighted by molar-refractivity contribution is 0.259. The summed E-state index contributed by atoms with van der Waals surface area (Å²) in [5.41, 5.74) is 1.45. The molecule has 0 saturated heterocycles. The minimum Gasteiger partial charge on any atom is -0.494 e. The fourth-order valence-electron chi connectivity index (χ4n) is 1.53. The van der Waals surface area contributed by atoms with E-state index in [4.69, 9.17) is 4.74 Å². The number of benzene rings is 1. The van der Waals surface area contributed by atoms with Crippen LogP contribution in [0.4, 0.5) is 10.5 Å². The molecule has 0 bridgehead atoms. The van der Waals surface area contributed by atoms with Gasteiger partial charge < -0.3 is 10.1 Å². The number of hydrogen-bond donors (Lipinski definition) is 1. The fraction of sp³-hybridized carbons (Fsp3) is 0.467. The number of carbonyl (C=O) groups is 1. The van der Waals surface area contributed by atoms with Crippen molar-refractivity contribution >= 4 is 17.4 Å². The van der Waals surface area contributed by atoms with Crippen LogP contribution in [0.15, 0.2) is 29.3 Å². The Morgan fingerprint density at radius 3 is 2.47 bits per heavy atom. The van der Waals surface area contributed by atoms with E-state index in [9.17, 15) is 4.79 Å². The van der Waals surface area contributed by atoms with Crippen molar-refractivity contribution in [2.75, 3.05) is 11.9 Å². The monoisotopic (exact) mass is 262 g/mol. The highest BCUT2D eigenvalue weighted by Crippen LogP contribution is 2.16. The predicted molar refractivity (Wildman–Crippen MR) is 79.3 cm³/mol. The number of rotatable bonds is 6. The van der Waals surface area contributed by atoms with Crippen LogP contribution in [0, 0.1) is 0 Å². The van der Waals surface area contributed by atoms with Gasteiger partial charge in [-0.25, -0.2) is 9.79 Å². The highest BCUT2D eigenvalue weighted by molar-refractivity contribution is 5.98. The number of anilines is 1. The Morgan fingerprint density at radius 2 is 1.89 bits per heavy atom. The number of aliphatic imine (C=N–C) groups is 1. The second kappa shape index (κ2) is 8.29. The lowest BCUT2D eigenvalue weighted by Gasteiger charge is -2.07. The van der Waals surface area contributed by atoms with Crippen molar-refractivity contribution in [3.8, 4) is 5.75 Å². The molecule has 19 heavy (non-hydrogen) atoms. The predicted octanol–water partition coefficient (Wildman–Crippen LogP) is 4.27. The molecule has 0 heterocycles. The molecule has 1 aromatic rings. The second-order valence-electron chi connectivity index (χ2n) is 4.57. The number of nitrogens with one attached hydrogen (secondary N) is 1. The summed E-state index contributed by atoms with van der Waals surface area (Å²) in [5.74, 6) is 0.823. The van der Waals surface area contributed by atoms with E-state index in [2.05, 4.69) is 17.2 Å². The number of hydrogen-bond acceptors (Lipinski definition) is 2. The van der Waals surface area contributed by atoms with Crippen molar-refractivity contribution in [3.63, 3.8) is 0 Å². The van der Waals surface area contributed by atoms with Gasteiger partial charge in [-0.05, 0) is 44.5 Å². The molecule has 4 nitrogen and oxygen atoms in total. The SMILES string of the molecule is CCCCCOc1ccc(NC(=O)N=C(C)C)cc1. The summed E-state index contributed by atoms with van der Waals surface area (Å²) in [5, 5.41) is 2.69. The third kappa shape index (κ3) is 6.60. The van der Waals surface area contributed by atoms with Gasteiger partial charge in [-0.1, -0.05) is 19.8 Å². The van der Waals surface area contributed by atoms with Crippen LogP contribution in [0.2, 0.25) is 0 Å². The Bertz CT molecular complexity index is 420. The van der Waals surface area contributed by atoms with Gasteiger partial charge in [0, 0.05) is 11.4 Å². The molecule has 0 saturated carbocycles. The van der Waals surface area contributed by atoms with Gasteiger partial charge in [-0.2, -0.15) is 0 Å². The molecule has 2 amide bonds. The molecule has 0 atom stereocenters. The van der Waals surface area contributed by atoms with Crippen LogP contribution in [0.25, 0.3) is 0 Å². The van der Waals surface area contributed by atoms with E-state index in [0.717, 1.165) is 30.2 Å². The number of unbranched alkanes of at least 4 members (excludes halogenated alkanes) is 2. The lowest BCUT2D eigenvalue weighted by atomic mass is 10.2. The summed E-state index contributed by atoms with van der Waals surface area (Å²) in [6.45, 7) is 6.47. The van der Waals surface area contributed by atoms with E-state index in [1.54, 1.807) is 13.8 Å². The Kier molecular flexibility index (Phi) is 6.64. The van der Waals surface area contributed by atoms with Crippen molar-refractivity contribution in [1.82, 2.24) is 0 Å². The largest absolute Gasteiger partial charge is 0.494 e. The van der Waals surface area contributed by atoms with E-state index in [1.807, 2.05) is 24.3 Å². The molecule has 0 aliphatic rings. The molecule has 1 aromatic carbocycles. The van der Waals surface area contributed by atoms with Crippen molar-refractivity contribution in [2.24, 2.45) is 4.99 Å². The Hall–Kier alpha value is -1.84. The van der Waals surface area contributed by atoms with Gasteiger partial charge in [0.1, 0.15) is 5.75 Å². The smallest absolute Gasteiger partial charge is 0.345 e. The first-order chi connectivity index (χ1) is 9.11. The summed E-state index contributed by atoms with van der Waals surface area (Å²) < 4.78 is 5.59. The van der Waals surface area contributed by atoms with Crippen LogP contribution in [0.5, 0.6) is 5.75 Å². The maximum Gasteiger partial charge on any atom is 0.345 e. The van der Waals surface area contributed by atoms with E-state index >= 15 is 0 Å². The summed E-state index contributed by atoms with van der Waals surface area (Å²) in [6, 6.07) is 6.98. The maximum atomic E-state index is 11.4. The Labute approximate surface area is 114 Å². The summed E-state index contributed by atoms with van der Waals surface area (Å²) in [6.07, 6.45) is 3.44. The van der Waals surface area contributed by atoms with Gasteiger partial charge in [0.25, 0.3) is 0 Å². The third-order valence-corrected chi connectivity index (χ3v) is 2.45. The number of amides is 2. The Morgan fingerprint density at radius 1 is 1.21 bits per heavy atom. The highest BCUT2D eigenvalue weighted by atomic mass is 16.5. The molecular formula is C15H22N2O2. The van der Waals surface area contributed by atoms with Crippen LogP contribution in [0.1, 0.15) is 40.0 Å². The highest BCUT2D eigenvalue weighted by Gasteiger charge is 2.00. The van der Waals surface area contributed by atoms with E-state index in [-0.39, 0.29) is 6.03 Å². The zero-order chi connectivity index (χ0) is 14.1. The first-order valence-corrected chi connectivity index (χ1v) is 6.67. The molecule has 0 aliphatic heterocycles. The zero-order valence-corrected chi connectivity index (χ0v) is 11.9. The van der Waals surface area contributed by atoms with Gasteiger partial charge in [0.2, 0.25) is 0 Å². The third-order valence-electron chi connectivity index (χ3n) is 2.45. The van der Waals surface area contributed by atoms with Crippen LogP contribution >= 0.6 is 0 Å². The van der Waals surface area contributed by atoms with Gasteiger partial charge in [-0.3, -0.25) is 0 Å². The van der Waals surface area contributed by atoms with Crippen LogP contribution in [-0.2, 0) is 0 Å². The zero-order valence-electron chi connectivity index (χ0n) is 11.9. The average Bonchev–Trinajstić information content (AvgIpc) is 2.35. The molecule has 1 rings (SSSR count). The molecular weight excluding hydrogens is 240 g/mol. The molecule has 0 radical (unpaired) electrons. The molecule has 4 heteroatoms. The summed E-state index contributed by atoms with van der Waals surface area (Å²) in [7, 11) is 0. The van der Waals surface area contributed by atoms with Gasteiger partial charge in [0.05, 0.1) is 6.61 Å². The summed E-state index contributed by atoms with van der Waals surface area (Å²) >= 11 is 0. The normalized spacial score (nSPS) is 9.84. The first-order valence-electron chi connectivity index (χ1n) is 6.67. The van der Waals surface area contributed by atoms with Gasteiger partial charge in [0.15, 0.2) is 0 Å². The first kappa shape index (κ1) is 15.2. The van der Waals surface area contributed by atoms with Crippen molar-refractivity contribution in [1.29, 1.82) is 0 Å². The number of carbonyl (C=O) groups excluding carboxylic acids is 1. The Balaban J connectivity index is 2.43. The molecule has 0 unspecified atom stereocenters. The minimum absolute atomic E-state index is 0.350. The van der Waals surface area contributed by atoms with Crippen molar-refractivity contribution < 1.29 is 9.53 Å². The topological polar surface area (TPSA) is 50.7 Å². The van der Waals surface area contributed by atoms with Crippen molar-refractivity contribution in [2.45, 2.75) is 40.0 Å². The van der Waals surface area contributed by atoms with E-state index in [1.165, 1.54) is 12.8 Å². The molecule has 0 fully saturated rings. The standard InChI is InChI=1S/C15H22N2O2/c1-4-5-6-11-19-14-9-7-13(8-10-14)17-15(18)16-12(2)3/h7-10H,4-6,11H2,1-3H3,(H,17,18). The number of ether oxygens (including phenoxy) is 1. The maximum absolute atomic E-state index is 11.4. The van der Waals surface area contributed by atoms with E-state index < -0.39 is 0 Å². The molecule has 0 spiro atoms. The second-order valence-corrected chi connectivity index (χ2v) is 4.57. The van der Waals surface area contributed by atoms with Gasteiger partial charge in [-0.15, -0.1) is 0 Å². The van der Waals surface area contributed by atoms with Crippen LogP contribution < -0.4 is 10.1 Å². The minimum atomic E-state index is -0.350. The van der Waals surface area contributed by atoms with Crippen LogP contribution in [-0.4, -0.2) is 18.3 Å². The molecule has 1 N–H and O–H groups in total. The fourth-order valence-corrected chi connectivity index (χ4v) is 1.53. The quantitative estimate of drug-likeness (QED) is 0.615. The van der Waals surface area contributed by atoms with Crippen LogP contribution in [0.3, 0.4) is 0 Å². The number of nitrogens with zero attached hydrogens (tertiary/aromatic N) is 1. The molecule has 0 aromatic heterocycles. The van der Waals surface area contributed by atoms with E-state index in [0.29, 0.717) is 0 Å². The lowest BCUT2D eigenvalue weighted by Crippen LogP contribution is -2.07. The van der Waals surface area contributed by atoms with Crippen molar-refractivity contribution in [3.05, 3.63) is 24.3 Å². The summed E-state index contributed by atoms with van der Waals surface area (Å²) in [4.78, 5) is 15.2. The average molecular weight is 262 g/mol. The molecule has 104 valence electrons. The van der Waals surface area contributed by atoms with Gasteiger partial charge >= 0.3 is 6.03 Å².